The minimum atomic E-state index is -0.649. The number of allylic oxidation sites excluding steroid dienone is 1. The van der Waals surface area contributed by atoms with Crippen LogP contribution >= 0.6 is 22.9 Å². The van der Waals surface area contributed by atoms with Gasteiger partial charge in [0.05, 0.1) is 28.5 Å². The van der Waals surface area contributed by atoms with Gasteiger partial charge in [-0.05, 0) is 61.4 Å². The van der Waals surface area contributed by atoms with Crippen LogP contribution in [0.2, 0.25) is 5.02 Å². The number of halogens is 1. The lowest BCUT2D eigenvalue weighted by Gasteiger charge is -2.25. The highest BCUT2D eigenvalue weighted by Crippen LogP contribution is 2.31. The molecule has 0 amide bonds. The first kappa shape index (κ1) is 28.4. The molecule has 1 aliphatic rings. The van der Waals surface area contributed by atoms with Crippen LogP contribution in [0.3, 0.4) is 0 Å². The number of carbonyl (C=O) groups is 1. The zero-order valence-electron chi connectivity index (χ0n) is 23.3. The van der Waals surface area contributed by atoms with E-state index in [2.05, 4.69) is 4.99 Å². The molecule has 3 aromatic carbocycles. The van der Waals surface area contributed by atoms with Crippen molar-refractivity contribution in [2.75, 3.05) is 25.6 Å². The number of rotatable bonds is 8. The van der Waals surface area contributed by atoms with Crippen LogP contribution in [-0.4, -0.2) is 31.2 Å². The predicted molar refractivity (Wildman–Crippen MR) is 163 cm³/mol. The van der Waals surface area contributed by atoms with E-state index in [-0.39, 0.29) is 12.2 Å². The number of esters is 1. The summed E-state index contributed by atoms with van der Waals surface area (Å²) in [6.07, 6.45) is 1.83. The number of thiazole rings is 1. The van der Waals surface area contributed by atoms with Gasteiger partial charge in [0.15, 0.2) is 4.80 Å². The predicted octanol–water partition coefficient (Wildman–Crippen LogP) is 5.10. The van der Waals surface area contributed by atoms with Crippen molar-refractivity contribution in [3.63, 3.8) is 0 Å². The molecule has 2 heterocycles. The first-order valence-electron chi connectivity index (χ1n) is 13.2. The molecule has 1 atom stereocenters. The highest BCUT2D eigenvalue weighted by molar-refractivity contribution is 7.07. The van der Waals surface area contributed by atoms with E-state index in [0.29, 0.717) is 38.0 Å². The van der Waals surface area contributed by atoms with Crippen molar-refractivity contribution in [3.05, 3.63) is 125 Å². The minimum Gasteiger partial charge on any atom is -0.489 e. The van der Waals surface area contributed by atoms with Crippen LogP contribution in [0.1, 0.15) is 36.6 Å². The summed E-state index contributed by atoms with van der Waals surface area (Å²) in [6, 6.07) is 22.2. The van der Waals surface area contributed by atoms with Crippen molar-refractivity contribution in [1.82, 2.24) is 4.57 Å². The second kappa shape index (κ2) is 12.2. The summed E-state index contributed by atoms with van der Waals surface area (Å²) in [7, 11) is 3.92. The Morgan fingerprint density at radius 2 is 1.78 bits per heavy atom. The Kier molecular flexibility index (Phi) is 8.42. The van der Waals surface area contributed by atoms with Crippen LogP contribution in [0.4, 0.5) is 5.69 Å². The van der Waals surface area contributed by atoms with Crippen molar-refractivity contribution < 1.29 is 14.3 Å². The Labute approximate surface area is 247 Å². The molecule has 0 spiro atoms. The van der Waals surface area contributed by atoms with Gasteiger partial charge in [0.2, 0.25) is 0 Å². The third-order valence-electron chi connectivity index (χ3n) is 6.77. The molecule has 7 nitrogen and oxygen atoms in total. The van der Waals surface area contributed by atoms with Gasteiger partial charge in [-0.1, -0.05) is 65.4 Å². The molecule has 4 aromatic rings. The summed E-state index contributed by atoms with van der Waals surface area (Å²) < 4.78 is 13.4. The molecule has 41 heavy (non-hydrogen) atoms. The van der Waals surface area contributed by atoms with Crippen LogP contribution in [0.25, 0.3) is 6.08 Å². The van der Waals surface area contributed by atoms with Gasteiger partial charge >= 0.3 is 5.97 Å². The molecule has 5 rings (SSSR count). The quantitative estimate of drug-likeness (QED) is 0.268. The van der Waals surface area contributed by atoms with Crippen LogP contribution in [0.5, 0.6) is 5.75 Å². The topological polar surface area (TPSA) is 73.1 Å². The van der Waals surface area contributed by atoms with Crippen molar-refractivity contribution >= 4 is 40.7 Å². The van der Waals surface area contributed by atoms with E-state index < -0.39 is 12.0 Å². The average molecular weight is 588 g/mol. The van der Waals surface area contributed by atoms with E-state index >= 15 is 0 Å². The third kappa shape index (κ3) is 5.99. The largest absolute Gasteiger partial charge is 0.489 e. The summed E-state index contributed by atoms with van der Waals surface area (Å²) in [5.41, 5.74) is 4.25. The lowest BCUT2D eigenvalue weighted by molar-refractivity contribution is -0.139. The number of nitrogens with zero attached hydrogens (tertiary/aromatic N) is 3. The summed E-state index contributed by atoms with van der Waals surface area (Å²) in [6.45, 7) is 4.13. The summed E-state index contributed by atoms with van der Waals surface area (Å²) in [5.74, 6) is 0.219. The molecule has 0 radical (unpaired) electrons. The molecule has 1 aliphatic heterocycles. The number of benzene rings is 3. The van der Waals surface area contributed by atoms with Gasteiger partial charge in [-0.3, -0.25) is 9.36 Å². The third-order valence-corrected chi connectivity index (χ3v) is 8.12. The maximum atomic E-state index is 13.8. The van der Waals surface area contributed by atoms with Crippen LogP contribution in [0, 0.1) is 0 Å². The van der Waals surface area contributed by atoms with Gasteiger partial charge < -0.3 is 14.4 Å². The highest BCUT2D eigenvalue weighted by Gasteiger charge is 2.33. The SMILES string of the molecule is CCOC(=O)C1=C(C)N=c2s/c(=C\c3ccc(OCc4ccccc4Cl)cc3)c(=O)n2[C@@H]1c1ccc(N(C)C)cc1. The molecule has 0 saturated carbocycles. The number of hydrogen-bond donors (Lipinski definition) is 0. The van der Waals surface area contributed by atoms with Crippen molar-refractivity contribution in [2.45, 2.75) is 26.5 Å². The highest BCUT2D eigenvalue weighted by atomic mass is 35.5. The molecule has 210 valence electrons. The molecule has 0 saturated heterocycles. The fourth-order valence-corrected chi connectivity index (χ4v) is 5.89. The zero-order valence-corrected chi connectivity index (χ0v) is 24.8. The molecule has 9 heteroatoms. The Balaban J connectivity index is 1.50. The van der Waals surface area contributed by atoms with Crippen molar-refractivity contribution in [3.8, 4) is 5.75 Å². The Morgan fingerprint density at radius 3 is 2.44 bits per heavy atom. The summed E-state index contributed by atoms with van der Waals surface area (Å²) in [4.78, 5) is 34.1. The average Bonchev–Trinajstić information content (AvgIpc) is 3.26. The molecule has 0 bridgehead atoms. The molecule has 0 fully saturated rings. The molecule has 1 aromatic heterocycles. The van der Waals surface area contributed by atoms with Gasteiger partial charge in [-0.2, -0.15) is 0 Å². The fraction of sp³-hybridized carbons (Fsp3) is 0.219. The number of hydrogen-bond acceptors (Lipinski definition) is 7. The summed E-state index contributed by atoms with van der Waals surface area (Å²) >= 11 is 7.53. The minimum absolute atomic E-state index is 0.219. The molecular formula is C32H30ClN3O4S. The molecule has 0 unspecified atom stereocenters. The number of aromatic nitrogens is 1. The molecule has 0 N–H and O–H groups in total. The summed E-state index contributed by atoms with van der Waals surface area (Å²) in [5, 5.41) is 0.660. The maximum Gasteiger partial charge on any atom is 0.338 e. The number of ether oxygens (including phenoxy) is 2. The Morgan fingerprint density at radius 1 is 1.07 bits per heavy atom. The van der Waals surface area contributed by atoms with E-state index in [1.807, 2.05) is 97.9 Å². The van der Waals surface area contributed by atoms with E-state index in [1.165, 1.54) is 11.3 Å². The molecule has 0 aliphatic carbocycles. The van der Waals surface area contributed by atoms with E-state index in [9.17, 15) is 9.59 Å². The second-order valence-electron chi connectivity index (χ2n) is 9.74. The van der Waals surface area contributed by atoms with Crippen LogP contribution in [0.15, 0.2) is 93.9 Å². The normalized spacial score (nSPS) is 14.9. The van der Waals surface area contributed by atoms with Crippen LogP contribution in [-0.2, 0) is 16.1 Å². The fourth-order valence-electron chi connectivity index (χ4n) is 4.65. The number of anilines is 1. The molecular weight excluding hydrogens is 558 g/mol. The van der Waals surface area contributed by atoms with Crippen molar-refractivity contribution in [1.29, 1.82) is 0 Å². The standard InChI is InChI=1S/C32H30ClN3O4S/c1-5-39-31(38)28-20(2)34-32-36(29(28)22-12-14-24(15-13-22)35(3)4)30(37)27(41-32)18-21-10-16-25(17-11-21)40-19-23-8-6-7-9-26(23)33/h6-18,29H,5,19H2,1-4H3/b27-18-/t29-/m1/s1. The Bertz CT molecular complexity index is 1790. The monoisotopic (exact) mass is 587 g/mol. The lowest BCUT2D eigenvalue weighted by Crippen LogP contribution is -2.39. The van der Waals surface area contributed by atoms with Gasteiger partial charge in [0.1, 0.15) is 12.4 Å². The smallest absolute Gasteiger partial charge is 0.338 e. The maximum absolute atomic E-state index is 13.8. The van der Waals surface area contributed by atoms with Gasteiger partial charge in [0.25, 0.3) is 5.56 Å². The number of fused-ring (bicyclic) bond motifs is 1. The van der Waals surface area contributed by atoms with Gasteiger partial charge in [-0.15, -0.1) is 0 Å². The van der Waals surface area contributed by atoms with E-state index in [0.717, 1.165) is 22.4 Å². The first-order chi connectivity index (χ1) is 19.8. The number of carbonyl (C=O) groups excluding carboxylic acids is 1. The Hall–Kier alpha value is -4.14. The zero-order chi connectivity index (χ0) is 29.1. The first-order valence-corrected chi connectivity index (χ1v) is 14.4. The second-order valence-corrected chi connectivity index (χ2v) is 11.2. The van der Waals surface area contributed by atoms with Gasteiger partial charge in [0, 0.05) is 30.4 Å². The van der Waals surface area contributed by atoms with E-state index in [1.54, 1.807) is 18.4 Å². The lowest BCUT2D eigenvalue weighted by atomic mass is 9.95. The van der Waals surface area contributed by atoms with Crippen molar-refractivity contribution in [2.24, 2.45) is 4.99 Å². The van der Waals surface area contributed by atoms with Gasteiger partial charge in [-0.25, -0.2) is 9.79 Å². The van der Waals surface area contributed by atoms with E-state index in [4.69, 9.17) is 21.1 Å². The van der Waals surface area contributed by atoms with Crippen LogP contribution < -0.4 is 24.5 Å².